The van der Waals surface area contributed by atoms with Crippen LogP contribution in [0.25, 0.3) is 0 Å². The fourth-order valence-corrected chi connectivity index (χ4v) is 1.74. The molecule has 1 nitrogen and oxygen atoms in total. The van der Waals surface area contributed by atoms with Crippen LogP contribution in [0.15, 0.2) is 10.8 Å². The average Bonchev–Trinajstić information content (AvgIpc) is 2.13. The van der Waals surface area contributed by atoms with Crippen molar-refractivity contribution in [3.05, 3.63) is 21.3 Å². The van der Waals surface area contributed by atoms with Gasteiger partial charge in [-0.2, -0.15) is 11.3 Å². The predicted molar refractivity (Wildman–Crippen MR) is 39.5 cm³/mol. The van der Waals surface area contributed by atoms with Gasteiger partial charge in [0, 0.05) is 10.8 Å². The van der Waals surface area contributed by atoms with Crippen LogP contribution in [-0.2, 0) is 0 Å². The molecule has 0 bridgehead atoms. The van der Waals surface area contributed by atoms with Gasteiger partial charge >= 0.3 is 0 Å². The largest absolute Gasteiger partial charge is 0.276 e. The minimum absolute atomic E-state index is 0.392. The maximum Gasteiger partial charge on any atom is 0.254 e. The lowest BCUT2D eigenvalue weighted by molar-refractivity contribution is 0.108. The third-order valence-corrected chi connectivity index (χ3v) is 2.22. The quantitative estimate of drug-likeness (QED) is 0.608. The van der Waals surface area contributed by atoms with Crippen LogP contribution in [0.1, 0.15) is 10.4 Å². The molecule has 0 radical (unpaired) electrons. The highest BCUT2D eigenvalue weighted by Gasteiger charge is 2.06. The van der Waals surface area contributed by atoms with Gasteiger partial charge in [-0.05, 0) is 11.6 Å². The number of hydrogen-bond donors (Lipinski definition) is 0. The fourth-order valence-electron chi connectivity index (χ4n) is 0.422. The molecule has 0 N–H and O–H groups in total. The van der Waals surface area contributed by atoms with Gasteiger partial charge in [0.2, 0.25) is 0 Å². The molecule has 1 aromatic heterocycles. The van der Waals surface area contributed by atoms with E-state index in [9.17, 15) is 4.79 Å². The van der Waals surface area contributed by atoms with Crippen molar-refractivity contribution in [2.24, 2.45) is 0 Å². The molecule has 1 heterocycles. The topological polar surface area (TPSA) is 17.1 Å². The molecule has 0 fully saturated rings. The summed E-state index contributed by atoms with van der Waals surface area (Å²) in [6, 6.07) is 0. The molecule has 4 heteroatoms. The summed E-state index contributed by atoms with van der Waals surface area (Å²) in [6.45, 7) is 0. The Balaban J connectivity index is 3.08. The Hall–Kier alpha value is -0.0500. The van der Waals surface area contributed by atoms with Crippen molar-refractivity contribution in [3.8, 4) is 0 Å². The Morgan fingerprint density at radius 3 is 2.44 bits per heavy atom. The first-order chi connectivity index (χ1) is 4.22. The zero-order chi connectivity index (χ0) is 6.85. The molecule has 0 spiro atoms. The predicted octanol–water partition coefficient (Wildman–Crippen LogP) is 2.78. The second kappa shape index (κ2) is 2.69. The number of thiophene rings is 1. The summed E-state index contributed by atoms with van der Waals surface area (Å²) in [5.74, 6) is 0. The fraction of sp³-hybridized carbons (Fsp3) is 0. The van der Waals surface area contributed by atoms with Crippen molar-refractivity contribution in [2.75, 3.05) is 0 Å². The van der Waals surface area contributed by atoms with Gasteiger partial charge in [-0.3, -0.25) is 4.79 Å². The Kier molecular flexibility index (Phi) is 2.11. The maximum absolute atomic E-state index is 10.4. The Morgan fingerprint density at radius 1 is 1.56 bits per heavy atom. The number of rotatable bonds is 1. The van der Waals surface area contributed by atoms with Crippen LogP contribution < -0.4 is 0 Å². The van der Waals surface area contributed by atoms with Gasteiger partial charge in [0.25, 0.3) is 5.24 Å². The standard InChI is InChI=1S/C5H2Cl2OS/c6-4-2-9-1-3(4)5(7)8/h1-2H. The lowest BCUT2D eigenvalue weighted by atomic mass is 10.4. The minimum Gasteiger partial charge on any atom is -0.276 e. The molecule has 1 rings (SSSR count). The average molecular weight is 181 g/mol. The Morgan fingerprint density at radius 2 is 2.22 bits per heavy atom. The molecule has 0 aliphatic heterocycles. The van der Waals surface area contributed by atoms with Crippen molar-refractivity contribution in [1.29, 1.82) is 0 Å². The van der Waals surface area contributed by atoms with Gasteiger partial charge in [0.15, 0.2) is 0 Å². The lowest BCUT2D eigenvalue weighted by Gasteiger charge is -1.83. The third kappa shape index (κ3) is 1.45. The van der Waals surface area contributed by atoms with Crippen molar-refractivity contribution in [2.45, 2.75) is 0 Å². The van der Waals surface area contributed by atoms with Crippen LogP contribution in [0.5, 0.6) is 0 Å². The second-order valence-electron chi connectivity index (χ2n) is 1.41. The highest BCUT2D eigenvalue weighted by Crippen LogP contribution is 2.21. The van der Waals surface area contributed by atoms with E-state index >= 15 is 0 Å². The summed E-state index contributed by atoms with van der Waals surface area (Å²) < 4.78 is 0. The van der Waals surface area contributed by atoms with Gasteiger partial charge in [-0.15, -0.1) is 0 Å². The maximum atomic E-state index is 10.4. The first-order valence-corrected chi connectivity index (χ1v) is 3.83. The van der Waals surface area contributed by atoms with Crippen LogP contribution in [0.4, 0.5) is 0 Å². The van der Waals surface area contributed by atoms with Gasteiger partial charge < -0.3 is 0 Å². The van der Waals surface area contributed by atoms with E-state index in [1.54, 1.807) is 10.8 Å². The summed E-state index contributed by atoms with van der Waals surface area (Å²) in [5, 5.41) is 3.22. The van der Waals surface area contributed by atoms with Crippen LogP contribution >= 0.6 is 34.5 Å². The molecule has 0 amide bonds. The molecule has 48 valence electrons. The minimum atomic E-state index is -0.499. The number of hydrogen-bond acceptors (Lipinski definition) is 2. The van der Waals surface area contributed by atoms with Crippen LogP contribution in [0.2, 0.25) is 5.02 Å². The zero-order valence-electron chi connectivity index (χ0n) is 4.23. The van der Waals surface area contributed by atoms with E-state index in [-0.39, 0.29) is 0 Å². The van der Waals surface area contributed by atoms with Crippen molar-refractivity contribution < 1.29 is 4.79 Å². The summed E-state index contributed by atoms with van der Waals surface area (Å²) in [4.78, 5) is 10.4. The van der Waals surface area contributed by atoms with Crippen molar-refractivity contribution in [3.63, 3.8) is 0 Å². The second-order valence-corrected chi connectivity index (χ2v) is 2.90. The molecule has 1 aromatic rings. The Labute approximate surface area is 66.2 Å². The monoisotopic (exact) mass is 180 g/mol. The number of carbonyl (C=O) groups is 1. The van der Waals surface area contributed by atoms with E-state index in [0.29, 0.717) is 10.6 Å². The summed E-state index contributed by atoms with van der Waals surface area (Å²) in [7, 11) is 0. The molecule has 0 aliphatic rings. The summed E-state index contributed by atoms with van der Waals surface area (Å²) in [5.41, 5.74) is 0.392. The SMILES string of the molecule is O=C(Cl)c1cscc1Cl. The molecule has 0 aliphatic carbocycles. The number of carbonyl (C=O) groups excluding carboxylic acids is 1. The van der Waals surface area contributed by atoms with E-state index in [2.05, 4.69) is 0 Å². The van der Waals surface area contributed by atoms with Gasteiger partial charge in [0.1, 0.15) is 0 Å². The normalized spacial score (nSPS) is 9.56. The lowest BCUT2D eigenvalue weighted by Crippen LogP contribution is -1.83. The van der Waals surface area contributed by atoms with Gasteiger partial charge in [-0.1, -0.05) is 11.6 Å². The molecule has 9 heavy (non-hydrogen) atoms. The molecular weight excluding hydrogens is 179 g/mol. The van der Waals surface area contributed by atoms with E-state index < -0.39 is 5.24 Å². The molecule has 0 saturated heterocycles. The Bertz CT molecular complexity index is 231. The van der Waals surface area contributed by atoms with Crippen LogP contribution in [0.3, 0.4) is 0 Å². The molecule has 0 saturated carbocycles. The molecule has 0 aromatic carbocycles. The number of halogens is 2. The highest BCUT2D eigenvalue weighted by molar-refractivity contribution is 7.09. The van der Waals surface area contributed by atoms with Crippen molar-refractivity contribution >= 4 is 39.8 Å². The van der Waals surface area contributed by atoms with E-state index in [1.165, 1.54) is 11.3 Å². The van der Waals surface area contributed by atoms with Crippen molar-refractivity contribution in [1.82, 2.24) is 0 Å². The molecule has 0 unspecified atom stereocenters. The highest BCUT2D eigenvalue weighted by atomic mass is 35.5. The van der Waals surface area contributed by atoms with Crippen LogP contribution in [-0.4, -0.2) is 5.24 Å². The third-order valence-electron chi connectivity index (χ3n) is 0.826. The van der Waals surface area contributed by atoms with Crippen LogP contribution in [0, 0.1) is 0 Å². The van der Waals surface area contributed by atoms with E-state index in [1.807, 2.05) is 0 Å². The van der Waals surface area contributed by atoms with Gasteiger partial charge in [0.05, 0.1) is 10.6 Å². The first kappa shape index (κ1) is 7.06. The smallest absolute Gasteiger partial charge is 0.254 e. The molecular formula is C5H2Cl2OS. The summed E-state index contributed by atoms with van der Waals surface area (Å²) in [6.07, 6.45) is 0. The van der Waals surface area contributed by atoms with E-state index in [4.69, 9.17) is 23.2 Å². The zero-order valence-corrected chi connectivity index (χ0v) is 6.56. The first-order valence-electron chi connectivity index (χ1n) is 2.13. The van der Waals surface area contributed by atoms with E-state index in [0.717, 1.165) is 0 Å². The molecule has 0 atom stereocenters. The summed E-state index contributed by atoms with van der Waals surface area (Å²) >= 11 is 12.0. The van der Waals surface area contributed by atoms with Gasteiger partial charge in [-0.25, -0.2) is 0 Å².